The average Bonchev–Trinajstić information content (AvgIpc) is 3.45. The van der Waals surface area contributed by atoms with E-state index in [9.17, 15) is 4.79 Å². The summed E-state index contributed by atoms with van der Waals surface area (Å²) >= 11 is 1.41. The van der Waals surface area contributed by atoms with E-state index in [1.54, 1.807) is 16.8 Å². The van der Waals surface area contributed by atoms with Gasteiger partial charge in [0.05, 0.1) is 10.6 Å². The number of amides is 1. The van der Waals surface area contributed by atoms with Gasteiger partial charge in [-0.2, -0.15) is 9.61 Å². The third kappa shape index (κ3) is 3.37. The molecule has 1 aromatic carbocycles. The molecule has 1 N–H and O–H groups in total. The summed E-state index contributed by atoms with van der Waals surface area (Å²) in [5, 5.41) is 17.8. The van der Waals surface area contributed by atoms with Crippen molar-refractivity contribution in [1.82, 2.24) is 24.8 Å². The lowest BCUT2D eigenvalue weighted by Gasteiger charge is -2.06. The Bertz CT molecular complexity index is 1280. The molecule has 0 fully saturated rings. The molecule has 4 heterocycles. The van der Waals surface area contributed by atoms with Crippen LogP contribution in [-0.4, -0.2) is 30.7 Å². The van der Waals surface area contributed by atoms with E-state index >= 15 is 0 Å². The van der Waals surface area contributed by atoms with Crippen LogP contribution in [0.4, 0.5) is 5.69 Å². The Morgan fingerprint density at radius 2 is 1.79 bits per heavy atom. The highest BCUT2D eigenvalue weighted by Gasteiger charge is 2.12. The maximum Gasteiger partial charge on any atom is 0.265 e. The molecular formula is C21H14N6OS. The third-order valence-corrected chi connectivity index (χ3v) is 5.21. The van der Waals surface area contributed by atoms with Crippen molar-refractivity contribution in [1.29, 1.82) is 0 Å². The first-order chi connectivity index (χ1) is 14.3. The summed E-state index contributed by atoms with van der Waals surface area (Å²) in [6.45, 7) is 0. The lowest BCUT2D eigenvalue weighted by molar-refractivity contribution is 0.103. The molecular weight excluding hydrogens is 384 g/mol. The SMILES string of the molecule is O=C(Nc1ccc(-c2ccc3nnc(-c4ccccn4)n3n2)cc1)c1cccs1. The van der Waals surface area contributed by atoms with Gasteiger partial charge in [0.1, 0.15) is 5.69 Å². The number of hydrogen-bond acceptors (Lipinski definition) is 6. The van der Waals surface area contributed by atoms with E-state index in [2.05, 4.69) is 25.6 Å². The third-order valence-electron chi connectivity index (χ3n) is 4.34. The summed E-state index contributed by atoms with van der Waals surface area (Å²) in [5.74, 6) is 0.471. The second-order valence-corrected chi connectivity index (χ2v) is 7.18. The molecule has 8 heteroatoms. The zero-order chi connectivity index (χ0) is 19.6. The predicted molar refractivity (Wildman–Crippen MR) is 112 cm³/mol. The molecule has 0 spiro atoms. The first kappa shape index (κ1) is 17.2. The first-order valence-electron chi connectivity index (χ1n) is 8.87. The van der Waals surface area contributed by atoms with Gasteiger partial charge in [-0.1, -0.05) is 24.3 Å². The van der Waals surface area contributed by atoms with Gasteiger partial charge in [0.2, 0.25) is 5.82 Å². The highest BCUT2D eigenvalue weighted by Crippen LogP contribution is 2.22. The second-order valence-electron chi connectivity index (χ2n) is 6.24. The zero-order valence-corrected chi connectivity index (χ0v) is 15.9. The van der Waals surface area contributed by atoms with Gasteiger partial charge in [-0.15, -0.1) is 21.5 Å². The number of fused-ring (bicyclic) bond motifs is 1. The van der Waals surface area contributed by atoms with E-state index < -0.39 is 0 Å². The van der Waals surface area contributed by atoms with Crippen LogP contribution in [0, 0.1) is 0 Å². The summed E-state index contributed by atoms with van der Waals surface area (Å²) < 4.78 is 1.68. The number of thiophene rings is 1. The van der Waals surface area contributed by atoms with Crippen LogP contribution in [-0.2, 0) is 0 Å². The van der Waals surface area contributed by atoms with Gasteiger partial charge in [-0.3, -0.25) is 9.78 Å². The average molecular weight is 398 g/mol. The zero-order valence-electron chi connectivity index (χ0n) is 15.1. The molecule has 5 aromatic rings. The number of carbonyl (C=O) groups excluding carboxylic acids is 1. The lowest BCUT2D eigenvalue weighted by atomic mass is 10.1. The maximum absolute atomic E-state index is 12.2. The molecule has 0 atom stereocenters. The summed E-state index contributed by atoms with van der Waals surface area (Å²) in [6, 6.07) is 20.6. The van der Waals surface area contributed by atoms with Crippen LogP contribution < -0.4 is 5.32 Å². The molecule has 0 radical (unpaired) electrons. The van der Waals surface area contributed by atoms with Crippen LogP contribution in [0.1, 0.15) is 9.67 Å². The van der Waals surface area contributed by atoms with Gasteiger partial charge in [-0.25, -0.2) is 0 Å². The minimum atomic E-state index is -0.114. The normalized spacial score (nSPS) is 10.9. The van der Waals surface area contributed by atoms with Crippen molar-refractivity contribution in [2.45, 2.75) is 0 Å². The number of nitrogens with one attached hydrogen (secondary N) is 1. The number of carbonyl (C=O) groups is 1. The van der Waals surface area contributed by atoms with Crippen molar-refractivity contribution in [3.05, 3.63) is 83.2 Å². The predicted octanol–water partition coefficient (Wildman–Crippen LogP) is 4.17. The van der Waals surface area contributed by atoms with E-state index in [4.69, 9.17) is 0 Å². The van der Waals surface area contributed by atoms with Crippen molar-refractivity contribution >= 4 is 28.6 Å². The molecule has 7 nitrogen and oxygen atoms in total. The Labute approximate surface area is 169 Å². The lowest BCUT2D eigenvalue weighted by Crippen LogP contribution is -2.09. The van der Waals surface area contributed by atoms with E-state index in [0.29, 0.717) is 22.0 Å². The number of nitrogens with zero attached hydrogens (tertiary/aromatic N) is 5. The van der Waals surface area contributed by atoms with Gasteiger partial charge < -0.3 is 5.32 Å². The van der Waals surface area contributed by atoms with Crippen LogP contribution in [0.15, 0.2) is 78.3 Å². The summed E-state index contributed by atoms with van der Waals surface area (Å²) in [7, 11) is 0. The summed E-state index contributed by atoms with van der Waals surface area (Å²) in [4.78, 5) is 17.2. The molecule has 0 bridgehead atoms. The summed E-state index contributed by atoms with van der Waals surface area (Å²) in [6.07, 6.45) is 1.71. The number of anilines is 1. The highest BCUT2D eigenvalue weighted by molar-refractivity contribution is 7.12. The fourth-order valence-corrected chi connectivity index (χ4v) is 3.54. The summed E-state index contributed by atoms with van der Waals surface area (Å²) in [5.41, 5.74) is 3.77. The number of pyridine rings is 1. The standard InChI is InChI=1S/C21H14N6OS/c28-21(18-5-3-13-29-18)23-15-8-6-14(7-9-15)16-10-11-19-24-25-20(27(19)26-16)17-4-1-2-12-22-17/h1-13H,(H,23,28). The topological polar surface area (TPSA) is 85.1 Å². The fraction of sp³-hybridized carbons (Fsp3) is 0. The largest absolute Gasteiger partial charge is 0.321 e. The monoisotopic (exact) mass is 398 g/mol. The Kier molecular flexibility index (Phi) is 4.30. The van der Waals surface area contributed by atoms with Crippen molar-refractivity contribution in [2.75, 3.05) is 5.32 Å². The number of rotatable bonds is 4. The highest BCUT2D eigenvalue weighted by atomic mass is 32.1. The van der Waals surface area contributed by atoms with E-state index in [1.807, 2.05) is 66.0 Å². The van der Waals surface area contributed by atoms with Crippen molar-refractivity contribution in [3.8, 4) is 22.8 Å². The second kappa shape index (κ2) is 7.25. The Morgan fingerprint density at radius 3 is 2.55 bits per heavy atom. The molecule has 4 aromatic heterocycles. The molecule has 1 amide bonds. The molecule has 0 saturated carbocycles. The Balaban J connectivity index is 1.44. The van der Waals surface area contributed by atoms with Crippen LogP contribution in [0.5, 0.6) is 0 Å². The van der Waals surface area contributed by atoms with Gasteiger partial charge >= 0.3 is 0 Å². The van der Waals surface area contributed by atoms with Gasteiger partial charge in [0.25, 0.3) is 5.91 Å². The van der Waals surface area contributed by atoms with Crippen LogP contribution in [0.3, 0.4) is 0 Å². The Morgan fingerprint density at radius 1 is 0.897 bits per heavy atom. The fourth-order valence-electron chi connectivity index (χ4n) is 2.92. The minimum Gasteiger partial charge on any atom is -0.321 e. The molecule has 0 aliphatic carbocycles. The molecule has 0 saturated heterocycles. The number of benzene rings is 1. The Hall–Kier alpha value is -3.91. The first-order valence-corrected chi connectivity index (χ1v) is 9.75. The van der Waals surface area contributed by atoms with Crippen molar-refractivity contribution in [2.24, 2.45) is 0 Å². The molecule has 0 aliphatic rings. The molecule has 29 heavy (non-hydrogen) atoms. The number of hydrogen-bond donors (Lipinski definition) is 1. The molecule has 140 valence electrons. The van der Waals surface area contributed by atoms with Crippen LogP contribution in [0.25, 0.3) is 28.4 Å². The molecule has 0 aliphatic heterocycles. The van der Waals surface area contributed by atoms with Gasteiger partial charge in [-0.05, 0) is 47.8 Å². The van der Waals surface area contributed by atoms with E-state index in [0.717, 1.165) is 16.9 Å². The van der Waals surface area contributed by atoms with E-state index in [-0.39, 0.29) is 5.91 Å². The van der Waals surface area contributed by atoms with Gasteiger partial charge in [0.15, 0.2) is 5.65 Å². The van der Waals surface area contributed by atoms with Crippen LogP contribution in [0.2, 0.25) is 0 Å². The smallest absolute Gasteiger partial charge is 0.265 e. The molecule has 5 rings (SSSR count). The van der Waals surface area contributed by atoms with Crippen molar-refractivity contribution in [3.63, 3.8) is 0 Å². The van der Waals surface area contributed by atoms with Crippen LogP contribution >= 0.6 is 11.3 Å². The minimum absolute atomic E-state index is 0.114. The van der Waals surface area contributed by atoms with Crippen molar-refractivity contribution < 1.29 is 4.79 Å². The maximum atomic E-state index is 12.2. The quantitative estimate of drug-likeness (QED) is 0.491. The number of aromatic nitrogens is 5. The van der Waals surface area contributed by atoms with E-state index in [1.165, 1.54) is 11.3 Å². The van der Waals surface area contributed by atoms with Gasteiger partial charge in [0, 0.05) is 17.4 Å². The molecule has 0 unspecified atom stereocenters.